The Morgan fingerprint density at radius 1 is 1.22 bits per heavy atom. The summed E-state index contributed by atoms with van der Waals surface area (Å²) in [7, 11) is 1.38. The molecular formula is C17H24N2O4. The van der Waals surface area contributed by atoms with E-state index in [9.17, 15) is 9.59 Å². The van der Waals surface area contributed by atoms with Gasteiger partial charge in [0.2, 0.25) is 5.91 Å². The first-order chi connectivity index (χ1) is 11.2. The molecule has 0 bridgehead atoms. The van der Waals surface area contributed by atoms with Crippen molar-refractivity contribution in [2.45, 2.75) is 31.7 Å². The zero-order chi connectivity index (χ0) is 16.5. The van der Waals surface area contributed by atoms with Crippen molar-refractivity contribution >= 4 is 12.0 Å². The van der Waals surface area contributed by atoms with Crippen molar-refractivity contribution in [3.8, 4) is 5.75 Å². The highest BCUT2D eigenvalue weighted by Gasteiger charge is 2.23. The first-order valence-corrected chi connectivity index (χ1v) is 7.99. The Hall–Kier alpha value is -2.24. The van der Waals surface area contributed by atoms with Crippen LogP contribution in [0.25, 0.3) is 0 Å². The van der Waals surface area contributed by atoms with Crippen LogP contribution in [0, 0.1) is 0 Å². The molecule has 0 atom stereocenters. The molecular weight excluding hydrogens is 296 g/mol. The van der Waals surface area contributed by atoms with Crippen molar-refractivity contribution < 1.29 is 19.1 Å². The zero-order valence-electron chi connectivity index (χ0n) is 13.5. The summed E-state index contributed by atoms with van der Waals surface area (Å²) in [4.78, 5) is 25.0. The number of nitrogens with one attached hydrogen (secondary N) is 1. The second-order valence-electron chi connectivity index (χ2n) is 5.56. The van der Waals surface area contributed by atoms with Crippen LogP contribution in [0.4, 0.5) is 4.79 Å². The molecule has 1 aliphatic heterocycles. The number of piperidine rings is 1. The standard InChI is InChI=1S/C17H24N2O4/c1-22-17(21)19-11-9-14(10-12-19)18-16(20)8-5-13-23-15-6-3-2-4-7-15/h2-4,6-7,14H,5,8-13H2,1H3,(H,18,20). The number of carbonyl (C=O) groups is 2. The van der Waals surface area contributed by atoms with Crippen molar-refractivity contribution in [3.05, 3.63) is 30.3 Å². The molecule has 1 saturated heterocycles. The van der Waals surface area contributed by atoms with E-state index in [0.29, 0.717) is 32.5 Å². The van der Waals surface area contributed by atoms with Gasteiger partial charge < -0.3 is 19.7 Å². The third-order valence-electron chi connectivity index (χ3n) is 3.85. The fourth-order valence-electron chi connectivity index (χ4n) is 2.57. The minimum absolute atomic E-state index is 0.0400. The number of amides is 2. The number of hydrogen-bond acceptors (Lipinski definition) is 4. The number of likely N-dealkylation sites (tertiary alicyclic amines) is 1. The maximum absolute atomic E-state index is 11.9. The molecule has 0 saturated carbocycles. The summed E-state index contributed by atoms with van der Waals surface area (Å²) < 4.78 is 10.3. The first-order valence-electron chi connectivity index (χ1n) is 7.99. The number of ether oxygens (including phenoxy) is 2. The maximum atomic E-state index is 11.9. The van der Waals surface area contributed by atoms with E-state index in [0.717, 1.165) is 18.6 Å². The van der Waals surface area contributed by atoms with Crippen molar-refractivity contribution in [3.63, 3.8) is 0 Å². The fraction of sp³-hybridized carbons (Fsp3) is 0.529. The van der Waals surface area contributed by atoms with Crippen LogP contribution in [-0.2, 0) is 9.53 Å². The predicted molar refractivity (Wildman–Crippen MR) is 86.3 cm³/mol. The Balaban J connectivity index is 1.58. The Bertz CT molecular complexity index is 499. The SMILES string of the molecule is COC(=O)N1CCC(NC(=O)CCCOc2ccccc2)CC1. The van der Waals surface area contributed by atoms with E-state index >= 15 is 0 Å². The summed E-state index contributed by atoms with van der Waals surface area (Å²) in [6.07, 6.45) is 2.36. The fourth-order valence-corrected chi connectivity index (χ4v) is 2.57. The van der Waals surface area contributed by atoms with E-state index in [4.69, 9.17) is 9.47 Å². The van der Waals surface area contributed by atoms with Gasteiger partial charge in [0.05, 0.1) is 13.7 Å². The Morgan fingerprint density at radius 3 is 2.57 bits per heavy atom. The minimum atomic E-state index is -0.298. The summed E-state index contributed by atoms with van der Waals surface area (Å²) in [6, 6.07) is 9.71. The number of hydrogen-bond donors (Lipinski definition) is 1. The van der Waals surface area contributed by atoms with Gasteiger partial charge in [-0.25, -0.2) is 4.79 Å². The molecule has 0 spiro atoms. The number of nitrogens with zero attached hydrogens (tertiary/aromatic N) is 1. The van der Waals surface area contributed by atoms with Crippen molar-refractivity contribution in [1.29, 1.82) is 0 Å². The van der Waals surface area contributed by atoms with E-state index in [2.05, 4.69) is 5.32 Å². The number of para-hydroxylation sites is 1. The maximum Gasteiger partial charge on any atom is 0.409 e. The van der Waals surface area contributed by atoms with Gasteiger partial charge in [0, 0.05) is 25.6 Å². The third-order valence-corrected chi connectivity index (χ3v) is 3.85. The molecule has 0 aromatic heterocycles. The lowest BCUT2D eigenvalue weighted by molar-refractivity contribution is -0.122. The molecule has 1 aromatic rings. The van der Waals surface area contributed by atoms with Gasteiger partial charge in [0.1, 0.15) is 5.75 Å². The van der Waals surface area contributed by atoms with Crippen molar-refractivity contribution in [2.75, 3.05) is 26.8 Å². The van der Waals surface area contributed by atoms with Crippen LogP contribution in [0.1, 0.15) is 25.7 Å². The monoisotopic (exact) mass is 320 g/mol. The normalized spacial score (nSPS) is 15.1. The molecule has 1 heterocycles. The molecule has 0 unspecified atom stereocenters. The third kappa shape index (κ3) is 5.81. The second-order valence-corrected chi connectivity index (χ2v) is 5.56. The summed E-state index contributed by atoms with van der Waals surface area (Å²) in [6.45, 7) is 1.77. The van der Waals surface area contributed by atoms with E-state index in [1.807, 2.05) is 30.3 Å². The largest absolute Gasteiger partial charge is 0.494 e. The smallest absolute Gasteiger partial charge is 0.409 e. The second kappa shape index (κ2) is 9.02. The minimum Gasteiger partial charge on any atom is -0.494 e. The van der Waals surface area contributed by atoms with Gasteiger partial charge in [-0.15, -0.1) is 0 Å². The van der Waals surface area contributed by atoms with Crippen LogP contribution in [0.15, 0.2) is 30.3 Å². The first kappa shape index (κ1) is 17.1. The average Bonchev–Trinajstić information content (AvgIpc) is 2.59. The molecule has 6 heteroatoms. The topological polar surface area (TPSA) is 67.9 Å². The number of benzene rings is 1. The van der Waals surface area contributed by atoms with Gasteiger partial charge in [0.15, 0.2) is 0 Å². The molecule has 2 amide bonds. The van der Waals surface area contributed by atoms with Crippen LogP contribution < -0.4 is 10.1 Å². The summed E-state index contributed by atoms with van der Waals surface area (Å²) >= 11 is 0. The zero-order valence-corrected chi connectivity index (χ0v) is 13.5. The molecule has 126 valence electrons. The van der Waals surface area contributed by atoms with Gasteiger partial charge in [0.25, 0.3) is 0 Å². The molecule has 6 nitrogen and oxygen atoms in total. The van der Waals surface area contributed by atoms with Crippen molar-refractivity contribution in [2.24, 2.45) is 0 Å². The summed E-state index contributed by atoms with van der Waals surface area (Å²) in [5.41, 5.74) is 0. The number of methoxy groups -OCH3 is 1. The van der Waals surface area contributed by atoms with Gasteiger partial charge in [-0.05, 0) is 31.4 Å². The number of carbonyl (C=O) groups excluding carboxylic acids is 2. The highest BCUT2D eigenvalue weighted by atomic mass is 16.5. The van der Waals surface area contributed by atoms with E-state index in [-0.39, 0.29) is 18.0 Å². The summed E-state index contributed by atoms with van der Waals surface area (Å²) in [5, 5.41) is 3.02. The van der Waals surface area contributed by atoms with Crippen LogP contribution >= 0.6 is 0 Å². The van der Waals surface area contributed by atoms with Crippen molar-refractivity contribution in [1.82, 2.24) is 10.2 Å². The van der Waals surface area contributed by atoms with Crippen LogP contribution in [0.2, 0.25) is 0 Å². The lowest BCUT2D eigenvalue weighted by Gasteiger charge is -2.31. The lowest BCUT2D eigenvalue weighted by atomic mass is 10.1. The van der Waals surface area contributed by atoms with Gasteiger partial charge in [-0.2, -0.15) is 0 Å². The quantitative estimate of drug-likeness (QED) is 0.816. The van der Waals surface area contributed by atoms with Crippen LogP contribution in [0.3, 0.4) is 0 Å². The van der Waals surface area contributed by atoms with E-state index < -0.39 is 0 Å². The molecule has 23 heavy (non-hydrogen) atoms. The van der Waals surface area contributed by atoms with E-state index in [1.165, 1.54) is 7.11 Å². The molecule has 1 fully saturated rings. The van der Waals surface area contributed by atoms with Gasteiger partial charge >= 0.3 is 6.09 Å². The van der Waals surface area contributed by atoms with Gasteiger partial charge in [-0.3, -0.25) is 4.79 Å². The summed E-state index contributed by atoms with van der Waals surface area (Å²) in [5.74, 6) is 0.862. The molecule has 1 aromatic carbocycles. The Labute approximate surface area is 136 Å². The highest BCUT2D eigenvalue weighted by Crippen LogP contribution is 2.12. The number of rotatable bonds is 6. The molecule has 0 aliphatic carbocycles. The van der Waals surface area contributed by atoms with Crippen LogP contribution in [0.5, 0.6) is 5.75 Å². The lowest BCUT2D eigenvalue weighted by Crippen LogP contribution is -2.46. The van der Waals surface area contributed by atoms with Crippen LogP contribution in [-0.4, -0.2) is 49.7 Å². The Kier molecular flexibility index (Phi) is 6.72. The highest BCUT2D eigenvalue weighted by molar-refractivity contribution is 5.76. The molecule has 0 radical (unpaired) electrons. The molecule has 1 aliphatic rings. The average molecular weight is 320 g/mol. The van der Waals surface area contributed by atoms with E-state index in [1.54, 1.807) is 4.90 Å². The Morgan fingerprint density at radius 2 is 1.91 bits per heavy atom. The van der Waals surface area contributed by atoms with Gasteiger partial charge in [-0.1, -0.05) is 18.2 Å². The molecule has 2 rings (SSSR count). The predicted octanol–water partition coefficient (Wildman–Crippen LogP) is 2.19. The molecule has 1 N–H and O–H groups in total.